The third-order valence-electron chi connectivity index (χ3n) is 14.1. The zero-order valence-corrected chi connectivity index (χ0v) is 33.8. The molecule has 4 aliphatic heterocycles. The van der Waals surface area contributed by atoms with E-state index in [0.717, 1.165) is 23.0 Å². The fourth-order valence-corrected chi connectivity index (χ4v) is 11.7. The Morgan fingerprint density at radius 2 is 0.733 bits per heavy atom. The van der Waals surface area contributed by atoms with Gasteiger partial charge in [-0.15, -0.1) is 0 Å². The predicted octanol–water partition coefficient (Wildman–Crippen LogP) is 10.4. The Bertz CT molecular complexity index is 3350. The van der Waals surface area contributed by atoms with E-state index in [2.05, 4.69) is 173 Å². The van der Waals surface area contributed by atoms with E-state index in [9.17, 15) is 0 Å². The van der Waals surface area contributed by atoms with Crippen LogP contribution in [0.3, 0.4) is 0 Å². The van der Waals surface area contributed by atoms with Crippen LogP contribution in [0.15, 0.2) is 146 Å². The normalized spacial score (nSPS) is 13.5. The van der Waals surface area contributed by atoms with Gasteiger partial charge in [-0.2, -0.15) is 0 Å². The van der Waals surface area contributed by atoms with Crippen molar-refractivity contribution in [1.82, 2.24) is 0 Å². The minimum atomic E-state index is 0.0221. The standard InChI is InChI=1S/C56H36B2O2/c1-29-15-17-43-47(21-29)59-49-23-31(3)19-41-37-25-36(34-13-9-6-10-14-34)40-28-46-52-38(42-20-32(4)24-50-56(42)58(46)44-18-16-30(2)22-48(44)60-50)26-35(33-11-7-5-8-12-33)39-27-45(57(43)55(41)49)51(37)53(40)54(39)52/h5-28H,1-4H3. The smallest absolute Gasteiger partial charge is 0.252 e. The van der Waals surface area contributed by atoms with E-state index in [0.29, 0.717) is 0 Å². The molecule has 0 radical (unpaired) electrons. The Balaban J connectivity index is 1.25. The lowest BCUT2D eigenvalue weighted by atomic mass is 9.31. The summed E-state index contributed by atoms with van der Waals surface area (Å²) in [6.07, 6.45) is 0. The first-order valence-electron chi connectivity index (χ1n) is 21.2. The Morgan fingerprint density at radius 1 is 0.317 bits per heavy atom. The van der Waals surface area contributed by atoms with E-state index in [1.165, 1.54) is 132 Å². The minimum absolute atomic E-state index is 0.0221. The van der Waals surface area contributed by atoms with Gasteiger partial charge in [-0.25, -0.2) is 0 Å². The first-order chi connectivity index (χ1) is 29.4. The Hall–Kier alpha value is -7.03. The highest BCUT2D eigenvalue weighted by atomic mass is 16.5. The van der Waals surface area contributed by atoms with Crippen molar-refractivity contribution >= 4 is 78.5 Å². The van der Waals surface area contributed by atoms with Crippen molar-refractivity contribution in [3.8, 4) is 67.5 Å². The van der Waals surface area contributed by atoms with Crippen LogP contribution in [0, 0.1) is 27.7 Å². The summed E-state index contributed by atoms with van der Waals surface area (Å²) in [5.41, 5.74) is 22.6. The molecule has 0 aromatic heterocycles. The molecule has 0 amide bonds. The quantitative estimate of drug-likeness (QED) is 0.129. The lowest BCUT2D eigenvalue weighted by Crippen LogP contribution is -2.58. The van der Waals surface area contributed by atoms with Gasteiger partial charge in [0.05, 0.1) is 0 Å². The molecule has 4 aliphatic rings. The van der Waals surface area contributed by atoms with Crippen molar-refractivity contribution in [2.24, 2.45) is 0 Å². The van der Waals surface area contributed by atoms with Crippen molar-refractivity contribution in [1.29, 1.82) is 0 Å². The van der Waals surface area contributed by atoms with Gasteiger partial charge in [-0.05, 0) is 185 Å². The van der Waals surface area contributed by atoms with Gasteiger partial charge in [0.15, 0.2) is 0 Å². The largest absolute Gasteiger partial charge is 0.458 e. The number of aryl methyl sites for hydroxylation is 4. The van der Waals surface area contributed by atoms with Crippen molar-refractivity contribution in [3.05, 3.63) is 168 Å². The van der Waals surface area contributed by atoms with E-state index in [1.54, 1.807) is 0 Å². The fourth-order valence-electron chi connectivity index (χ4n) is 11.7. The number of fused-ring (bicyclic) bond motifs is 8. The molecule has 0 saturated carbocycles. The Kier molecular flexibility index (Phi) is 6.23. The average Bonchev–Trinajstić information content (AvgIpc) is 3.25. The highest BCUT2D eigenvalue weighted by molar-refractivity contribution is 7.01. The third kappa shape index (κ3) is 4.16. The van der Waals surface area contributed by atoms with Gasteiger partial charge in [0.1, 0.15) is 23.0 Å². The van der Waals surface area contributed by atoms with Gasteiger partial charge in [0.25, 0.3) is 13.4 Å². The number of hydrogen-bond donors (Lipinski definition) is 0. The molecule has 14 rings (SSSR count). The first kappa shape index (κ1) is 32.9. The van der Waals surface area contributed by atoms with Crippen LogP contribution < -0.4 is 42.3 Å². The molecular formula is C56H36B2O2. The van der Waals surface area contributed by atoms with Crippen molar-refractivity contribution in [2.45, 2.75) is 27.7 Å². The molecule has 0 bridgehead atoms. The van der Waals surface area contributed by atoms with Gasteiger partial charge in [0.2, 0.25) is 0 Å². The number of ether oxygens (including phenoxy) is 2. The topological polar surface area (TPSA) is 18.5 Å². The van der Waals surface area contributed by atoms with Crippen LogP contribution in [0.1, 0.15) is 22.3 Å². The van der Waals surface area contributed by atoms with Gasteiger partial charge in [-0.3, -0.25) is 0 Å². The molecule has 2 nitrogen and oxygen atoms in total. The van der Waals surface area contributed by atoms with Gasteiger partial charge in [-0.1, -0.05) is 120 Å². The van der Waals surface area contributed by atoms with Crippen LogP contribution in [0.25, 0.3) is 76.8 Å². The van der Waals surface area contributed by atoms with E-state index >= 15 is 0 Å². The summed E-state index contributed by atoms with van der Waals surface area (Å²) in [7, 11) is 0. The molecule has 0 spiro atoms. The molecule has 0 atom stereocenters. The molecule has 10 aromatic carbocycles. The molecule has 4 heteroatoms. The summed E-state index contributed by atoms with van der Waals surface area (Å²) >= 11 is 0. The van der Waals surface area contributed by atoms with Crippen LogP contribution in [0.5, 0.6) is 23.0 Å². The second-order valence-corrected chi connectivity index (χ2v) is 17.8. The minimum Gasteiger partial charge on any atom is -0.458 e. The zero-order valence-electron chi connectivity index (χ0n) is 33.8. The molecule has 0 N–H and O–H groups in total. The maximum atomic E-state index is 6.90. The van der Waals surface area contributed by atoms with Crippen molar-refractivity contribution in [3.63, 3.8) is 0 Å². The highest BCUT2D eigenvalue weighted by Gasteiger charge is 2.44. The van der Waals surface area contributed by atoms with Gasteiger partial charge < -0.3 is 9.47 Å². The molecule has 278 valence electrons. The molecular weight excluding hydrogens is 726 g/mol. The highest BCUT2D eigenvalue weighted by Crippen LogP contribution is 2.51. The van der Waals surface area contributed by atoms with E-state index in [1.807, 2.05) is 0 Å². The second-order valence-electron chi connectivity index (χ2n) is 17.8. The third-order valence-corrected chi connectivity index (χ3v) is 14.1. The van der Waals surface area contributed by atoms with E-state index in [4.69, 9.17) is 9.47 Å². The Labute approximate surface area is 349 Å². The molecule has 0 aliphatic carbocycles. The lowest BCUT2D eigenvalue weighted by molar-refractivity contribution is 0.486. The van der Waals surface area contributed by atoms with Crippen LogP contribution in [0.4, 0.5) is 0 Å². The van der Waals surface area contributed by atoms with Crippen LogP contribution in [-0.4, -0.2) is 13.4 Å². The summed E-state index contributed by atoms with van der Waals surface area (Å²) in [6, 6.07) is 55.2. The van der Waals surface area contributed by atoms with Crippen molar-refractivity contribution < 1.29 is 9.47 Å². The summed E-state index contributed by atoms with van der Waals surface area (Å²) in [4.78, 5) is 0. The second kappa shape index (κ2) is 11.4. The summed E-state index contributed by atoms with van der Waals surface area (Å²) in [5.74, 6) is 3.86. The van der Waals surface area contributed by atoms with Crippen LogP contribution in [-0.2, 0) is 0 Å². The number of rotatable bonds is 2. The number of hydrogen-bond acceptors (Lipinski definition) is 2. The number of benzene rings is 10. The van der Waals surface area contributed by atoms with Crippen molar-refractivity contribution in [2.75, 3.05) is 0 Å². The maximum Gasteiger partial charge on any atom is 0.252 e. The fraction of sp³-hybridized carbons (Fsp3) is 0.0714. The monoisotopic (exact) mass is 762 g/mol. The molecule has 0 fully saturated rings. The Morgan fingerprint density at radius 3 is 1.17 bits per heavy atom. The summed E-state index contributed by atoms with van der Waals surface area (Å²) in [6.45, 7) is 8.79. The van der Waals surface area contributed by atoms with E-state index < -0.39 is 0 Å². The lowest BCUT2D eigenvalue weighted by Gasteiger charge is -2.37. The maximum absolute atomic E-state index is 6.90. The average molecular weight is 763 g/mol. The van der Waals surface area contributed by atoms with Gasteiger partial charge >= 0.3 is 0 Å². The van der Waals surface area contributed by atoms with Crippen LogP contribution in [0.2, 0.25) is 0 Å². The van der Waals surface area contributed by atoms with Crippen LogP contribution >= 0.6 is 0 Å². The summed E-state index contributed by atoms with van der Waals surface area (Å²) in [5, 5.41) is 8.05. The predicted molar refractivity (Wildman–Crippen MR) is 253 cm³/mol. The first-order valence-corrected chi connectivity index (χ1v) is 21.2. The molecule has 4 heterocycles. The SMILES string of the molecule is Cc1ccc2c(c1)Oc1cc(C)cc3c1B2c1cc2c(-c4ccccc4)cc4c5c(cc6c(-c7ccccc7)cc-3c1c6c25)B1c2ccc(C)cc2Oc2cc(C)cc-4c21. The molecule has 10 aromatic rings. The zero-order chi connectivity index (χ0) is 39.7. The molecule has 0 unspecified atom stereocenters. The van der Waals surface area contributed by atoms with Gasteiger partial charge in [0, 0.05) is 0 Å². The van der Waals surface area contributed by atoms with E-state index in [-0.39, 0.29) is 13.4 Å². The summed E-state index contributed by atoms with van der Waals surface area (Å²) < 4.78 is 13.8. The molecule has 0 saturated heterocycles. The molecule has 60 heavy (non-hydrogen) atoms.